The van der Waals surface area contributed by atoms with Gasteiger partial charge in [-0.3, -0.25) is 9.71 Å². The van der Waals surface area contributed by atoms with Gasteiger partial charge in [0.2, 0.25) is 0 Å². The molecular formula is C24H17FN4O2S2. The van der Waals surface area contributed by atoms with Gasteiger partial charge in [0.1, 0.15) is 16.9 Å². The van der Waals surface area contributed by atoms with E-state index in [-0.39, 0.29) is 16.1 Å². The average molecular weight is 477 g/mol. The van der Waals surface area contributed by atoms with Gasteiger partial charge in [0.25, 0.3) is 10.0 Å². The summed E-state index contributed by atoms with van der Waals surface area (Å²) in [4.78, 5) is 8.76. The lowest BCUT2D eigenvalue weighted by Gasteiger charge is -2.15. The van der Waals surface area contributed by atoms with Gasteiger partial charge in [0.05, 0.1) is 21.8 Å². The van der Waals surface area contributed by atoms with Crippen molar-refractivity contribution in [2.24, 2.45) is 0 Å². The van der Waals surface area contributed by atoms with Gasteiger partial charge < -0.3 is 0 Å². The molecule has 0 radical (unpaired) electrons. The Morgan fingerprint density at radius 2 is 1.79 bits per heavy atom. The summed E-state index contributed by atoms with van der Waals surface area (Å²) in [6.07, 6.45) is 3.40. The van der Waals surface area contributed by atoms with Crippen molar-refractivity contribution in [3.8, 4) is 17.3 Å². The Hall–Kier alpha value is -3.74. The molecule has 0 fully saturated rings. The normalized spacial score (nSPS) is 11.0. The number of hydrogen-bond donors (Lipinski definition) is 1. The van der Waals surface area contributed by atoms with Crippen LogP contribution in [0, 0.1) is 17.1 Å². The number of hydrogen-bond acceptors (Lipinski definition) is 6. The van der Waals surface area contributed by atoms with Crippen molar-refractivity contribution in [1.82, 2.24) is 9.97 Å². The first kappa shape index (κ1) is 22.5. The van der Waals surface area contributed by atoms with Crippen LogP contribution < -0.4 is 4.72 Å². The lowest BCUT2D eigenvalue weighted by molar-refractivity contribution is 0.601. The van der Waals surface area contributed by atoms with Crippen LogP contribution in [0.15, 0.2) is 95.1 Å². The molecule has 0 aliphatic rings. The number of sulfonamides is 1. The highest BCUT2D eigenvalue weighted by Crippen LogP contribution is 2.34. The van der Waals surface area contributed by atoms with E-state index in [4.69, 9.17) is 0 Å². The van der Waals surface area contributed by atoms with E-state index >= 15 is 0 Å². The van der Waals surface area contributed by atoms with Crippen LogP contribution in [0.5, 0.6) is 0 Å². The van der Waals surface area contributed by atoms with Crippen LogP contribution in [0.1, 0.15) is 11.1 Å². The minimum Gasteiger partial charge on any atom is -0.277 e. The highest BCUT2D eigenvalue weighted by Gasteiger charge is 2.20. The highest BCUT2D eigenvalue weighted by atomic mass is 32.2. The molecule has 1 N–H and O–H groups in total. The lowest BCUT2D eigenvalue weighted by atomic mass is 10.1. The molecule has 0 unspecified atom stereocenters. The molecule has 0 bridgehead atoms. The molecule has 2 aromatic carbocycles. The number of aromatic nitrogens is 2. The maximum absolute atomic E-state index is 13.5. The molecule has 2 aromatic heterocycles. The van der Waals surface area contributed by atoms with Crippen LogP contribution in [0.4, 0.5) is 10.1 Å². The Labute approximate surface area is 195 Å². The Morgan fingerprint density at radius 3 is 2.45 bits per heavy atom. The first-order valence-electron chi connectivity index (χ1n) is 9.77. The summed E-state index contributed by atoms with van der Waals surface area (Å²) < 4.78 is 41.9. The number of pyridine rings is 2. The molecule has 0 amide bonds. The van der Waals surface area contributed by atoms with Gasteiger partial charge >= 0.3 is 0 Å². The van der Waals surface area contributed by atoms with Crippen molar-refractivity contribution in [1.29, 1.82) is 5.26 Å². The molecule has 0 aliphatic heterocycles. The molecule has 0 saturated carbocycles. The quantitative estimate of drug-likeness (QED) is 0.366. The molecule has 4 aromatic rings. The predicted molar refractivity (Wildman–Crippen MR) is 125 cm³/mol. The molecular weight excluding hydrogens is 459 g/mol. The first-order valence-corrected chi connectivity index (χ1v) is 12.2. The van der Waals surface area contributed by atoms with Crippen LogP contribution >= 0.6 is 11.8 Å². The zero-order valence-electron chi connectivity index (χ0n) is 17.1. The fourth-order valence-corrected chi connectivity index (χ4v) is 5.00. The van der Waals surface area contributed by atoms with Crippen LogP contribution in [0.3, 0.4) is 0 Å². The van der Waals surface area contributed by atoms with Gasteiger partial charge in [0, 0.05) is 23.7 Å². The smallest absolute Gasteiger partial charge is 0.261 e. The van der Waals surface area contributed by atoms with Gasteiger partial charge in [-0.2, -0.15) is 5.26 Å². The Balaban J connectivity index is 1.78. The lowest BCUT2D eigenvalue weighted by Crippen LogP contribution is -2.14. The van der Waals surface area contributed by atoms with Crippen molar-refractivity contribution in [3.05, 3.63) is 102 Å². The summed E-state index contributed by atoms with van der Waals surface area (Å²) in [5.74, 6) is 0.0954. The summed E-state index contributed by atoms with van der Waals surface area (Å²) in [5, 5.41) is 10.1. The zero-order valence-corrected chi connectivity index (χ0v) is 18.8. The molecule has 9 heteroatoms. The number of nitriles is 1. The zero-order chi connectivity index (χ0) is 23.3. The third kappa shape index (κ3) is 5.37. The minimum absolute atomic E-state index is 0.0728. The van der Waals surface area contributed by atoms with Crippen LogP contribution in [0.2, 0.25) is 0 Å². The average Bonchev–Trinajstić information content (AvgIpc) is 2.84. The molecule has 2 heterocycles. The number of nitrogens with zero attached hydrogens (tertiary/aromatic N) is 3. The number of thioether (sulfide) groups is 1. The molecule has 0 aliphatic carbocycles. The van der Waals surface area contributed by atoms with Crippen molar-refractivity contribution in [2.75, 3.05) is 4.72 Å². The summed E-state index contributed by atoms with van der Waals surface area (Å²) in [6.45, 7) is 0. The summed E-state index contributed by atoms with van der Waals surface area (Å²) in [5.41, 5.74) is 2.11. The second-order valence-electron chi connectivity index (χ2n) is 6.92. The molecule has 0 saturated heterocycles. The second-order valence-corrected chi connectivity index (χ2v) is 9.57. The minimum atomic E-state index is -3.93. The van der Waals surface area contributed by atoms with E-state index < -0.39 is 15.8 Å². The van der Waals surface area contributed by atoms with Gasteiger partial charge in [-0.05, 0) is 54.1 Å². The first-order chi connectivity index (χ1) is 16.0. The number of anilines is 1. The third-order valence-corrected chi connectivity index (χ3v) is 7.07. The number of rotatable bonds is 7. The van der Waals surface area contributed by atoms with Crippen molar-refractivity contribution < 1.29 is 12.8 Å². The Morgan fingerprint density at radius 1 is 1.03 bits per heavy atom. The standard InChI is InChI=1S/C24H17FN4O2S2/c25-20-10-8-18(9-11-20)23-22(29-33(30,31)21-6-2-1-3-7-21)13-19(14-26)24(28-23)32-16-17-5-4-12-27-15-17/h1-13,15,29H,16H2. The van der Waals surface area contributed by atoms with Crippen LogP contribution in [-0.4, -0.2) is 18.4 Å². The SMILES string of the molecule is N#Cc1cc(NS(=O)(=O)c2ccccc2)c(-c2ccc(F)cc2)nc1SCc1cccnc1. The highest BCUT2D eigenvalue weighted by molar-refractivity contribution is 7.98. The molecule has 6 nitrogen and oxygen atoms in total. The van der Waals surface area contributed by atoms with E-state index in [1.165, 1.54) is 54.2 Å². The van der Waals surface area contributed by atoms with Crippen molar-refractivity contribution in [3.63, 3.8) is 0 Å². The van der Waals surface area contributed by atoms with E-state index in [0.29, 0.717) is 22.0 Å². The van der Waals surface area contributed by atoms with E-state index in [0.717, 1.165) is 5.56 Å². The summed E-state index contributed by atoms with van der Waals surface area (Å²) in [6, 6.07) is 20.7. The number of nitrogens with one attached hydrogen (secondary N) is 1. The molecule has 0 atom stereocenters. The second kappa shape index (κ2) is 9.81. The van der Waals surface area contributed by atoms with Gasteiger partial charge in [-0.1, -0.05) is 24.3 Å². The molecule has 0 spiro atoms. The third-order valence-electron chi connectivity index (χ3n) is 4.62. The van der Waals surface area contributed by atoms with E-state index in [2.05, 4.69) is 20.8 Å². The monoisotopic (exact) mass is 476 g/mol. The van der Waals surface area contributed by atoms with Crippen molar-refractivity contribution >= 4 is 27.5 Å². The largest absolute Gasteiger partial charge is 0.277 e. The van der Waals surface area contributed by atoms with E-state index in [1.807, 2.05) is 12.1 Å². The molecule has 33 heavy (non-hydrogen) atoms. The Kier molecular flexibility index (Phi) is 6.68. The maximum Gasteiger partial charge on any atom is 0.261 e. The van der Waals surface area contributed by atoms with E-state index in [9.17, 15) is 18.1 Å². The van der Waals surface area contributed by atoms with Crippen LogP contribution in [0.25, 0.3) is 11.3 Å². The van der Waals surface area contributed by atoms with Gasteiger partial charge in [-0.25, -0.2) is 17.8 Å². The van der Waals surface area contributed by atoms with Crippen LogP contribution in [-0.2, 0) is 15.8 Å². The van der Waals surface area contributed by atoms with Gasteiger partial charge in [0.15, 0.2) is 0 Å². The van der Waals surface area contributed by atoms with Gasteiger partial charge in [-0.15, -0.1) is 11.8 Å². The predicted octanol–water partition coefficient (Wildman–Crippen LogP) is 5.25. The fraction of sp³-hybridized carbons (Fsp3) is 0.0417. The molecule has 164 valence electrons. The molecule has 4 rings (SSSR count). The Bertz CT molecular complexity index is 1410. The van der Waals surface area contributed by atoms with Crippen molar-refractivity contribution in [2.45, 2.75) is 15.7 Å². The summed E-state index contributed by atoms with van der Waals surface area (Å²) in [7, 11) is -3.93. The number of benzene rings is 2. The fourth-order valence-electron chi connectivity index (χ4n) is 3.03. The van der Waals surface area contributed by atoms with E-state index in [1.54, 1.807) is 30.6 Å². The topological polar surface area (TPSA) is 95.7 Å². The number of halogens is 1. The summed E-state index contributed by atoms with van der Waals surface area (Å²) >= 11 is 1.33. The maximum atomic E-state index is 13.5.